The lowest BCUT2D eigenvalue weighted by atomic mass is 10.1. The van der Waals surface area contributed by atoms with Crippen molar-refractivity contribution in [1.29, 1.82) is 0 Å². The fraction of sp³-hybridized carbons (Fsp3) is 0.364. The number of aryl methyl sites for hydroxylation is 1. The van der Waals surface area contributed by atoms with Crippen LogP contribution in [0.5, 0.6) is 0 Å². The summed E-state index contributed by atoms with van der Waals surface area (Å²) in [7, 11) is 0. The Morgan fingerprint density at radius 2 is 2.38 bits per heavy atom. The van der Waals surface area contributed by atoms with Gasteiger partial charge in [0.2, 0.25) is 11.8 Å². The van der Waals surface area contributed by atoms with Gasteiger partial charge in [-0.05, 0) is 18.6 Å². The van der Waals surface area contributed by atoms with Crippen LogP contribution in [0.15, 0.2) is 18.3 Å². The molecule has 0 saturated carbocycles. The molecular weight excluding hydrogens is 206 g/mol. The molecule has 2 N–H and O–H groups in total. The summed E-state index contributed by atoms with van der Waals surface area (Å²) in [5.41, 5.74) is 1.04. The van der Waals surface area contributed by atoms with E-state index in [1.807, 2.05) is 13.0 Å². The van der Waals surface area contributed by atoms with E-state index in [9.17, 15) is 9.59 Å². The van der Waals surface area contributed by atoms with Gasteiger partial charge in [0, 0.05) is 19.2 Å². The molecule has 2 heterocycles. The Morgan fingerprint density at radius 3 is 2.94 bits per heavy atom. The number of nitrogens with zero attached hydrogens (tertiary/aromatic N) is 1. The first kappa shape index (κ1) is 10.6. The zero-order chi connectivity index (χ0) is 11.5. The topological polar surface area (TPSA) is 71.1 Å². The van der Waals surface area contributed by atoms with Crippen LogP contribution in [0.25, 0.3) is 0 Å². The van der Waals surface area contributed by atoms with Gasteiger partial charge in [-0.3, -0.25) is 9.59 Å². The minimum Gasteiger partial charge on any atom is -0.355 e. The van der Waals surface area contributed by atoms with E-state index in [4.69, 9.17) is 0 Å². The number of hydrogen-bond donors (Lipinski definition) is 2. The molecule has 0 aromatic carbocycles. The Balaban J connectivity index is 1.97. The van der Waals surface area contributed by atoms with Gasteiger partial charge in [0.15, 0.2) is 0 Å². The number of nitrogens with one attached hydrogen (secondary N) is 2. The third-order valence-corrected chi connectivity index (χ3v) is 2.51. The van der Waals surface area contributed by atoms with Gasteiger partial charge in [-0.25, -0.2) is 4.98 Å². The molecule has 0 bridgehead atoms. The van der Waals surface area contributed by atoms with Crippen LogP contribution in [0.1, 0.15) is 12.0 Å². The largest absolute Gasteiger partial charge is 0.355 e. The molecule has 1 aliphatic rings. The van der Waals surface area contributed by atoms with Gasteiger partial charge in [-0.1, -0.05) is 6.07 Å². The van der Waals surface area contributed by atoms with Crippen LogP contribution in [-0.2, 0) is 9.59 Å². The SMILES string of the molecule is Cc1ccc(NC(=O)C2CNC(=O)C2)nc1. The highest BCUT2D eigenvalue weighted by atomic mass is 16.2. The van der Waals surface area contributed by atoms with E-state index >= 15 is 0 Å². The number of aromatic nitrogens is 1. The summed E-state index contributed by atoms with van der Waals surface area (Å²) >= 11 is 0. The maximum atomic E-state index is 11.7. The third-order valence-electron chi connectivity index (χ3n) is 2.51. The van der Waals surface area contributed by atoms with E-state index in [1.54, 1.807) is 12.3 Å². The average molecular weight is 219 g/mol. The molecule has 1 saturated heterocycles. The van der Waals surface area contributed by atoms with Crippen LogP contribution in [0.4, 0.5) is 5.82 Å². The molecule has 1 unspecified atom stereocenters. The number of carbonyl (C=O) groups is 2. The lowest BCUT2D eigenvalue weighted by Gasteiger charge is -2.08. The normalized spacial score (nSPS) is 19.3. The first-order valence-electron chi connectivity index (χ1n) is 5.15. The van der Waals surface area contributed by atoms with E-state index in [1.165, 1.54) is 0 Å². The smallest absolute Gasteiger partial charge is 0.230 e. The predicted octanol–water partition coefficient (Wildman–Crippen LogP) is 0.465. The maximum Gasteiger partial charge on any atom is 0.230 e. The quantitative estimate of drug-likeness (QED) is 0.759. The Bertz CT molecular complexity index is 414. The van der Waals surface area contributed by atoms with Crippen molar-refractivity contribution in [2.45, 2.75) is 13.3 Å². The van der Waals surface area contributed by atoms with Crippen molar-refractivity contribution in [1.82, 2.24) is 10.3 Å². The Labute approximate surface area is 93.3 Å². The van der Waals surface area contributed by atoms with Crippen molar-refractivity contribution in [3.05, 3.63) is 23.9 Å². The standard InChI is InChI=1S/C11H13N3O2/c1-7-2-3-9(12-5-7)14-11(16)8-4-10(15)13-6-8/h2-3,5,8H,4,6H2,1H3,(H,13,15)(H,12,14,16). The number of hydrogen-bond acceptors (Lipinski definition) is 3. The summed E-state index contributed by atoms with van der Waals surface area (Å²) in [6, 6.07) is 3.62. The fourth-order valence-electron chi connectivity index (χ4n) is 1.56. The number of rotatable bonds is 2. The summed E-state index contributed by atoms with van der Waals surface area (Å²) in [5.74, 6) is 0.0114. The van der Waals surface area contributed by atoms with Gasteiger partial charge >= 0.3 is 0 Å². The molecule has 0 spiro atoms. The van der Waals surface area contributed by atoms with Gasteiger partial charge < -0.3 is 10.6 Å². The fourth-order valence-corrected chi connectivity index (χ4v) is 1.56. The molecule has 2 amide bonds. The number of amides is 2. The molecule has 0 aliphatic carbocycles. The second-order valence-electron chi connectivity index (χ2n) is 3.92. The van der Waals surface area contributed by atoms with Crippen LogP contribution in [-0.4, -0.2) is 23.3 Å². The molecule has 1 aromatic heterocycles. The highest BCUT2D eigenvalue weighted by Crippen LogP contribution is 2.12. The van der Waals surface area contributed by atoms with Crippen molar-refractivity contribution in [2.75, 3.05) is 11.9 Å². The first-order valence-corrected chi connectivity index (χ1v) is 5.15. The van der Waals surface area contributed by atoms with Crippen LogP contribution < -0.4 is 10.6 Å². The van der Waals surface area contributed by atoms with Gasteiger partial charge in [0.25, 0.3) is 0 Å². The van der Waals surface area contributed by atoms with Crippen LogP contribution in [0.3, 0.4) is 0 Å². The van der Waals surface area contributed by atoms with Crippen molar-refractivity contribution in [2.24, 2.45) is 5.92 Å². The van der Waals surface area contributed by atoms with Gasteiger partial charge in [-0.15, -0.1) is 0 Å². The highest BCUT2D eigenvalue weighted by Gasteiger charge is 2.27. The third kappa shape index (κ3) is 2.36. The van der Waals surface area contributed by atoms with Crippen LogP contribution >= 0.6 is 0 Å². The molecule has 16 heavy (non-hydrogen) atoms. The molecule has 2 rings (SSSR count). The zero-order valence-corrected chi connectivity index (χ0v) is 8.99. The minimum atomic E-state index is -0.282. The molecule has 84 valence electrons. The summed E-state index contributed by atoms with van der Waals surface area (Å²) < 4.78 is 0. The first-order chi connectivity index (χ1) is 7.65. The lowest BCUT2D eigenvalue weighted by Crippen LogP contribution is -2.25. The van der Waals surface area contributed by atoms with E-state index in [-0.39, 0.29) is 24.2 Å². The zero-order valence-electron chi connectivity index (χ0n) is 8.99. The van der Waals surface area contributed by atoms with Crippen molar-refractivity contribution in [3.8, 4) is 0 Å². The molecule has 1 fully saturated rings. The summed E-state index contributed by atoms with van der Waals surface area (Å²) in [5, 5.41) is 5.31. The molecule has 5 nitrogen and oxygen atoms in total. The van der Waals surface area contributed by atoms with E-state index in [2.05, 4.69) is 15.6 Å². The number of carbonyl (C=O) groups excluding carboxylic acids is 2. The maximum absolute atomic E-state index is 11.7. The molecular formula is C11H13N3O2. The number of anilines is 1. The molecule has 1 atom stereocenters. The average Bonchev–Trinajstić information content (AvgIpc) is 2.68. The van der Waals surface area contributed by atoms with Gasteiger partial charge in [0.1, 0.15) is 5.82 Å². The van der Waals surface area contributed by atoms with Crippen molar-refractivity contribution < 1.29 is 9.59 Å². The second-order valence-corrected chi connectivity index (χ2v) is 3.92. The van der Waals surface area contributed by atoms with Crippen LogP contribution in [0, 0.1) is 12.8 Å². The Kier molecular flexibility index (Phi) is 2.85. The van der Waals surface area contributed by atoms with E-state index in [0.717, 1.165) is 5.56 Å². The minimum absolute atomic E-state index is 0.0722. The Morgan fingerprint density at radius 1 is 1.56 bits per heavy atom. The molecule has 1 aromatic rings. The van der Waals surface area contributed by atoms with Crippen molar-refractivity contribution in [3.63, 3.8) is 0 Å². The van der Waals surface area contributed by atoms with E-state index in [0.29, 0.717) is 12.4 Å². The molecule has 5 heteroatoms. The Hall–Kier alpha value is -1.91. The van der Waals surface area contributed by atoms with Crippen LogP contribution in [0.2, 0.25) is 0 Å². The predicted molar refractivity (Wildman–Crippen MR) is 58.7 cm³/mol. The van der Waals surface area contributed by atoms with E-state index < -0.39 is 0 Å². The van der Waals surface area contributed by atoms with Gasteiger partial charge in [-0.2, -0.15) is 0 Å². The number of pyridine rings is 1. The highest BCUT2D eigenvalue weighted by molar-refractivity contribution is 5.96. The second kappa shape index (κ2) is 4.30. The molecule has 1 aliphatic heterocycles. The molecule has 0 radical (unpaired) electrons. The monoisotopic (exact) mass is 219 g/mol. The van der Waals surface area contributed by atoms with Gasteiger partial charge in [0.05, 0.1) is 5.92 Å². The summed E-state index contributed by atoms with van der Waals surface area (Å²) in [6.07, 6.45) is 1.95. The summed E-state index contributed by atoms with van der Waals surface area (Å²) in [6.45, 7) is 2.34. The lowest BCUT2D eigenvalue weighted by molar-refractivity contribution is -0.123. The van der Waals surface area contributed by atoms with Crippen molar-refractivity contribution >= 4 is 17.6 Å². The summed E-state index contributed by atoms with van der Waals surface area (Å²) in [4.78, 5) is 26.7.